The zero-order valence-corrected chi connectivity index (χ0v) is 11.7. The second-order valence-corrected chi connectivity index (χ2v) is 4.48. The lowest BCUT2D eigenvalue weighted by atomic mass is 10.3. The minimum absolute atomic E-state index is 0.0676. The van der Waals surface area contributed by atoms with E-state index in [1.54, 1.807) is 13.2 Å². The molecule has 0 saturated carbocycles. The molecule has 0 aliphatic carbocycles. The maximum absolute atomic E-state index is 12.1. The van der Waals surface area contributed by atoms with Gasteiger partial charge in [-0.05, 0) is 20.3 Å². The van der Waals surface area contributed by atoms with Gasteiger partial charge in [-0.1, -0.05) is 0 Å². The highest BCUT2D eigenvalue weighted by Crippen LogP contribution is 2.23. The summed E-state index contributed by atoms with van der Waals surface area (Å²) >= 11 is 0. The number of nitrogens with one attached hydrogen (secondary N) is 1. The smallest absolute Gasteiger partial charge is 0.268 e. The predicted molar refractivity (Wildman–Crippen MR) is 73.4 cm³/mol. The third-order valence-corrected chi connectivity index (χ3v) is 3.07. The molecular formula is C14H20N2O3. The number of fused-ring (bicyclic) bond motifs is 1. The van der Waals surface area contributed by atoms with Crippen LogP contribution in [0.3, 0.4) is 0 Å². The number of aryl methyl sites for hydroxylation is 2. The summed E-state index contributed by atoms with van der Waals surface area (Å²) in [5.41, 5.74) is 2.39. The van der Waals surface area contributed by atoms with E-state index in [0.717, 1.165) is 29.8 Å². The topological polar surface area (TPSA) is 56.4 Å². The van der Waals surface area contributed by atoms with Crippen LogP contribution in [-0.2, 0) is 11.3 Å². The molecule has 0 saturated heterocycles. The van der Waals surface area contributed by atoms with Gasteiger partial charge in [0.2, 0.25) is 0 Å². The minimum Gasteiger partial charge on any atom is -0.460 e. The van der Waals surface area contributed by atoms with Crippen molar-refractivity contribution in [1.29, 1.82) is 0 Å². The van der Waals surface area contributed by atoms with Gasteiger partial charge in [0, 0.05) is 38.9 Å². The van der Waals surface area contributed by atoms with Gasteiger partial charge in [-0.2, -0.15) is 0 Å². The van der Waals surface area contributed by atoms with Crippen LogP contribution in [0.15, 0.2) is 16.5 Å². The van der Waals surface area contributed by atoms with Crippen molar-refractivity contribution in [1.82, 2.24) is 9.88 Å². The third kappa shape index (κ3) is 2.81. The van der Waals surface area contributed by atoms with Crippen molar-refractivity contribution in [2.45, 2.75) is 26.8 Å². The van der Waals surface area contributed by atoms with Crippen molar-refractivity contribution in [3.8, 4) is 0 Å². The first kappa shape index (κ1) is 13.7. The van der Waals surface area contributed by atoms with Crippen molar-refractivity contribution < 1.29 is 13.9 Å². The molecule has 1 N–H and O–H groups in total. The van der Waals surface area contributed by atoms with E-state index in [9.17, 15) is 4.79 Å². The molecule has 104 valence electrons. The van der Waals surface area contributed by atoms with Gasteiger partial charge in [0.1, 0.15) is 11.5 Å². The number of aromatic nitrogens is 1. The van der Waals surface area contributed by atoms with Crippen LogP contribution in [-0.4, -0.2) is 30.7 Å². The molecule has 0 fully saturated rings. The van der Waals surface area contributed by atoms with E-state index in [1.165, 1.54) is 0 Å². The Balaban J connectivity index is 2.14. The van der Waals surface area contributed by atoms with E-state index >= 15 is 0 Å². The molecule has 5 heteroatoms. The van der Waals surface area contributed by atoms with E-state index < -0.39 is 0 Å². The second kappa shape index (κ2) is 5.93. The van der Waals surface area contributed by atoms with Crippen molar-refractivity contribution in [2.24, 2.45) is 0 Å². The van der Waals surface area contributed by atoms with Crippen LogP contribution in [0.2, 0.25) is 0 Å². The first-order valence-corrected chi connectivity index (χ1v) is 6.54. The van der Waals surface area contributed by atoms with Crippen molar-refractivity contribution >= 4 is 17.0 Å². The molecule has 2 aromatic heterocycles. The molecule has 0 aromatic carbocycles. The summed E-state index contributed by atoms with van der Waals surface area (Å²) in [6.07, 6.45) is 0.810. The molecule has 0 unspecified atom stereocenters. The number of carbonyl (C=O) groups is 1. The Bertz CT molecular complexity index is 569. The average molecular weight is 264 g/mol. The van der Waals surface area contributed by atoms with Crippen LogP contribution in [0, 0.1) is 6.92 Å². The molecule has 0 aliphatic heterocycles. The second-order valence-electron chi connectivity index (χ2n) is 4.48. The number of rotatable bonds is 6. The highest BCUT2D eigenvalue weighted by molar-refractivity contribution is 5.97. The Morgan fingerprint density at radius 2 is 2.26 bits per heavy atom. The highest BCUT2D eigenvalue weighted by Gasteiger charge is 2.16. The van der Waals surface area contributed by atoms with Crippen LogP contribution < -0.4 is 5.32 Å². The van der Waals surface area contributed by atoms with Crippen LogP contribution in [0.5, 0.6) is 0 Å². The molecule has 19 heavy (non-hydrogen) atoms. The van der Waals surface area contributed by atoms with Gasteiger partial charge in [0.25, 0.3) is 5.91 Å². The van der Waals surface area contributed by atoms with Gasteiger partial charge in [-0.15, -0.1) is 0 Å². The van der Waals surface area contributed by atoms with E-state index in [4.69, 9.17) is 9.15 Å². The fourth-order valence-corrected chi connectivity index (χ4v) is 2.20. The highest BCUT2D eigenvalue weighted by atomic mass is 16.5. The maximum atomic E-state index is 12.1. The maximum Gasteiger partial charge on any atom is 0.268 e. The Hall–Kier alpha value is -1.75. The molecule has 0 atom stereocenters. The number of methoxy groups -OCH3 is 1. The number of hydrogen-bond donors (Lipinski definition) is 1. The summed E-state index contributed by atoms with van der Waals surface area (Å²) in [6, 6.07) is 3.76. The van der Waals surface area contributed by atoms with Crippen LogP contribution >= 0.6 is 0 Å². The van der Waals surface area contributed by atoms with Gasteiger partial charge in [-0.25, -0.2) is 0 Å². The van der Waals surface area contributed by atoms with E-state index in [2.05, 4.69) is 5.32 Å². The van der Waals surface area contributed by atoms with E-state index in [1.807, 2.05) is 24.5 Å². The number of ether oxygens (including phenoxy) is 1. The van der Waals surface area contributed by atoms with Gasteiger partial charge in [0.15, 0.2) is 5.58 Å². The zero-order chi connectivity index (χ0) is 13.8. The predicted octanol–water partition coefficient (Wildman–Crippen LogP) is 2.33. The van der Waals surface area contributed by atoms with Crippen molar-refractivity contribution in [3.63, 3.8) is 0 Å². The quantitative estimate of drug-likeness (QED) is 0.815. The molecule has 0 spiro atoms. The molecule has 1 amide bonds. The molecule has 0 aliphatic rings. The number of hydrogen-bond acceptors (Lipinski definition) is 3. The first-order chi connectivity index (χ1) is 9.17. The minimum atomic E-state index is -0.0676. The number of carbonyl (C=O) groups excluding carboxylic acids is 1. The Labute approximate surface area is 112 Å². The lowest BCUT2D eigenvalue weighted by Crippen LogP contribution is -2.27. The summed E-state index contributed by atoms with van der Waals surface area (Å²) in [5, 5.41) is 2.89. The Morgan fingerprint density at radius 3 is 2.95 bits per heavy atom. The van der Waals surface area contributed by atoms with Crippen LogP contribution in [0.1, 0.15) is 29.6 Å². The lowest BCUT2D eigenvalue weighted by Gasteiger charge is -2.08. The summed E-state index contributed by atoms with van der Waals surface area (Å²) in [5.74, 6) is 0.793. The largest absolute Gasteiger partial charge is 0.460 e. The molecule has 2 aromatic rings. The third-order valence-electron chi connectivity index (χ3n) is 3.07. The van der Waals surface area contributed by atoms with Crippen LogP contribution in [0.25, 0.3) is 11.1 Å². The number of furan rings is 1. The number of nitrogens with zero attached hydrogens (tertiary/aromatic N) is 1. The van der Waals surface area contributed by atoms with E-state index in [0.29, 0.717) is 18.8 Å². The molecule has 2 heterocycles. The fourth-order valence-electron chi connectivity index (χ4n) is 2.20. The fraction of sp³-hybridized carbons (Fsp3) is 0.500. The van der Waals surface area contributed by atoms with Crippen LogP contribution in [0.4, 0.5) is 0 Å². The summed E-state index contributed by atoms with van der Waals surface area (Å²) in [7, 11) is 1.65. The van der Waals surface area contributed by atoms with Gasteiger partial charge in [0.05, 0.1) is 5.52 Å². The molecule has 0 bridgehead atoms. The standard InChI is InChI=1S/C14H20N2O3/c1-4-16-11-8-10(2)19-13(11)9-12(16)14(17)15-6-5-7-18-3/h8-9H,4-7H2,1-3H3,(H,15,17). The Kier molecular flexibility index (Phi) is 4.27. The summed E-state index contributed by atoms with van der Waals surface area (Å²) in [4.78, 5) is 12.1. The summed E-state index contributed by atoms with van der Waals surface area (Å²) < 4.78 is 12.5. The SMILES string of the molecule is CCn1c(C(=O)NCCCOC)cc2oc(C)cc21. The molecule has 0 radical (unpaired) electrons. The van der Waals surface area contributed by atoms with Crippen molar-refractivity contribution in [2.75, 3.05) is 20.3 Å². The molecule has 2 rings (SSSR count). The molecule has 5 nitrogen and oxygen atoms in total. The normalized spacial score (nSPS) is 11.1. The Morgan fingerprint density at radius 1 is 1.47 bits per heavy atom. The summed E-state index contributed by atoms with van der Waals surface area (Å²) in [6.45, 7) is 5.93. The number of amides is 1. The van der Waals surface area contributed by atoms with Gasteiger partial charge >= 0.3 is 0 Å². The average Bonchev–Trinajstić information content (AvgIpc) is 2.89. The van der Waals surface area contributed by atoms with E-state index in [-0.39, 0.29) is 5.91 Å². The van der Waals surface area contributed by atoms with Gasteiger partial charge < -0.3 is 19.0 Å². The zero-order valence-electron chi connectivity index (χ0n) is 11.7. The molecular weight excluding hydrogens is 244 g/mol. The van der Waals surface area contributed by atoms with Gasteiger partial charge in [-0.3, -0.25) is 4.79 Å². The lowest BCUT2D eigenvalue weighted by molar-refractivity contribution is 0.0940. The first-order valence-electron chi connectivity index (χ1n) is 6.54. The monoisotopic (exact) mass is 264 g/mol. The van der Waals surface area contributed by atoms with Crippen molar-refractivity contribution in [3.05, 3.63) is 23.6 Å².